The third kappa shape index (κ3) is 2.59. The Labute approximate surface area is 116 Å². The number of nitrogens with one attached hydrogen (secondary N) is 2. The summed E-state index contributed by atoms with van der Waals surface area (Å²) in [5.74, 6) is 0.333. The minimum absolute atomic E-state index is 0.0144. The van der Waals surface area contributed by atoms with Crippen molar-refractivity contribution >= 4 is 11.7 Å². The van der Waals surface area contributed by atoms with Crippen LogP contribution in [0.2, 0.25) is 0 Å². The standard InChI is InChI=1S/C12H20N6O2/c1-8(9-14-7-15-17-9)16-11(19)12(10(13)18-20)5-3-2-4-6-12/h7-8,20H,2-6H2,1H3,(H2,13,18)(H,16,19)(H,14,15,17). The van der Waals surface area contributed by atoms with E-state index in [1.54, 1.807) is 6.92 Å². The lowest BCUT2D eigenvalue weighted by Gasteiger charge is -2.35. The molecular weight excluding hydrogens is 260 g/mol. The molecule has 1 heterocycles. The quantitative estimate of drug-likeness (QED) is 0.279. The molecule has 2 rings (SSSR count). The van der Waals surface area contributed by atoms with Gasteiger partial charge in [-0.05, 0) is 19.8 Å². The van der Waals surface area contributed by atoms with Gasteiger partial charge in [0.1, 0.15) is 17.6 Å². The van der Waals surface area contributed by atoms with Gasteiger partial charge in [0.15, 0.2) is 5.84 Å². The minimum atomic E-state index is -0.915. The highest BCUT2D eigenvalue weighted by Gasteiger charge is 2.44. The zero-order valence-electron chi connectivity index (χ0n) is 11.5. The van der Waals surface area contributed by atoms with Gasteiger partial charge in [0.05, 0.1) is 6.04 Å². The maximum absolute atomic E-state index is 12.6. The third-order valence-electron chi connectivity index (χ3n) is 3.93. The maximum atomic E-state index is 12.6. The van der Waals surface area contributed by atoms with Crippen LogP contribution in [0.1, 0.15) is 50.9 Å². The summed E-state index contributed by atoms with van der Waals surface area (Å²) in [5.41, 5.74) is 4.87. The lowest BCUT2D eigenvalue weighted by molar-refractivity contribution is -0.129. The summed E-state index contributed by atoms with van der Waals surface area (Å²) < 4.78 is 0. The molecule has 1 unspecified atom stereocenters. The lowest BCUT2D eigenvalue weighted by Crippen LogP contribution is -2.51. The van der Waals surface area contributed by atoms with Gasteiger partial charge in [-0.2, -0.15) is 5.10 Å². The number of aromatic amines is 1. The van der Waals surface area contributed by atoms with Crippen LogP contribution in [0, 0.1) is 5.41 Å². The zero-order valence-corrected chi connectivity index (χ0v) is 11.5. The molecule has 5 N–H and O–H groups in total. The van der Waals surface area contributed by atoms with Gasteiger partial charge in [-0.3, -0.25) is 9.89 Å². The molecule has 1 aromatic rings. The summed E-state index contributed by atoms with van der Waals surface area (Å²) >= 11 is 0. The predicted octanol–water partition coefficient (Wildman–Crippen LogP) is 0.679. The van der Waals surface area contributed by atoms with Crippen LogP contribution in [0.4, 0.5) is 0 Å². The number of carbonyl (C=O) groups is 1. The molecule has 20 heavy (non-hydrogen) atoms. The molecule has 0 spiro atoms. The van der Waals surface area contributed by atoms with E-state index in [2.05, 4.69) is 25.7 Å². The number of aromatic nitrogens is 3. The normalized spacial score (nSPS) is 20.4. The molecule has 0 aliphatic heterocycles. The van der Waals surface area contributed by atoms with Gasteiger partial charge in [0, 0.05) is 0 Å². The van der Waals surface area contributed by atoms with E-state index in [0.717, 1.165) is 19.3 Å². The number of hydrogen-bond donors (Lipinski definition) is 4. The summed E-state index contributed by atoms with van der Waals surface area (Å²) in [6.45, 7) is 1.81. The number of hydrogen-bond acceptors (Lipinski definition) is 5. The number of oxime groups is 1. The Morgan fingerprint density at radius 1 is 1.55 bits per heavy atom. The molecule has 0 radical (unpaired) electrons. The van der Waals surface area contributed by atoms with Crippen molar-refractivity contribution in [2.75, 3.05) is 0 Å². The molecule has 0 aromatic carbocycles. The first-order valence-corrected chi connectivity index (χ1v) is 6.74. The molecule has 1 aliphatic rings. The Morgan fingerprint density at radius 2 is 2.25 bits per heavy atom. The van der Waals surface area contributed by atoms with Gasteiger partial charge in [-0.15, -0.1) is 0 Å². The largest absolute Gasteiger partial charge is 0.409 e. The average Bonchev–Trinajstić information content (AvgIpc) is 3.01. The van der Waals surface area contributed by atoms with Gasteiger partial charge in [0.2, 0.25) is 5.91 Å². The molecule has 1 saturated carbocycles. The Balaban J connectivity index is 2.15. The topological polar surface area (TPSA) is 129 Å². The van der Waals surface area contributed by atoms with E-state index >= 15 is 0 Å². The molecule has 8 heteroatoms. The van der Waals surface area contributed by atoms with Crippen LogP contribution in [-0.2, 0) is 4.79 Å². The second-order valence-electron chi connectivity index (χ2n) is 5.19. The highest BCUT2D eigenvalue weighted by Crippen LogP contribution is 2.37. The summed E-state index contributed by atoms with van der Waals surface area (Å²) in [6, 6.07) is -0.310. The Bertz CT molecular complexity index is 478. The van der Waals surface area contributed by atoms with Crippen molar-refractivity contribution in [1.29, 1.82) is 0 Å². The fraction of sp³-hybridized carbons (Fsp3) is 0.667. The van der Waals surface area contributed by atoms with Crippen LogP contribution in [-0.4, -0.2) is 32.1 Å². The van der Waals surface area contributed by atoms with E-state index in [1.807, 2.05) is 0 Å². The van der Waals surface area contributed by atoms with Crippen LogP contribution in [0.3, 0.4) is 0 Å². The molecule has 1 aliphatic carbocycles. The first-order chi connectivity index (χ1) is 9.60. The maximum Gasteiger partial charge on any atom is 0.234 e. The van der Waals surface area contributed by atoms with E-state index in [9.17, 15) is 4.79 Å². The number of amidine groups is 1. The lowest BCUT2D eigenvalue weighted by atomic mass is 9.72. The smallest absolute Gasteiger partial charge is 0.234 e. The molecule has 0 bridgehead atoms. The Hall–Kier alpha value is -2.12. The van der Waals surface area contributed by atoms with Crippen LogP contribution < -0.4 is 11.1 Å². The van der Waals surface area contributed by atoms with E-state index in [1.165, 1.54) is 6.33 Å². The third-order valence-corrected chi connectivity index (χ3v) is 3.93. The van der Waals surface area contributed by atoms with Gasteiger partial charge in [0.25, 0.3) is 0 Å². The second-order valence-corrected chi connectivity index (χ2v) is 5.19. The molecule has 1 fully saturated rings. The SMILES string of the molecule is CC(NC(=O)C1(C(N)=NO)CCCCC1)c1ncn[nH]1. The van der Waals surface area contributed by atoms with E-state index < -0.39 is 5.41 Å². The zero-order chi connectivity index (χ0) is 14.6. The summed E-state index contributed by atoms with van der Waals surface area (Å²) in [4.78, 5) is 16.6. The molecule has 110 valence electrons. The van der Waals surface area contributed by atoms with Crippen LogP contribution in [0.15, 0.2) is 11.5 Å². The molecule has 0 saturated heterocycles. The number of rotatable bonds is 4. The number of H-pyrrole nitrogens is 1. The van der Waals surface area contributed by atoms with Crippen molar-refractivity contribution in [1.82, 2.24) is 20.5 Å². The highest BCUT2D eigenvalue weighted by molar-refractivity contribution is 6.06. The van der Waals surface area contributed by atoms with Crippen molar-refractivity contribution < 1.29 is 10.0 Å². The Kier molecular flexibility index (Phi) is 4.21. The van der Waals surface area contributed by atoms with Crippen molar-refractivity contribution in [3.8, 4) is 0 Å². The van der Waals surface area contributed by atoms with Crippen molar-refractivity contribution in [3.05, 3.63) is 12.2 Å². The fourth-order valence-corrected chi connectivity index (χ4v) is 2.68. The van der Waals surface area contributed by atoms with E-state index in [0.29, 0.717) is 18.7 Å². The van der Waals surface area contributed by atoms with Crippen LogP contribution in [0.5, 0.6) is 0 Å². The first kappa shape index (κ1) is 14.3. The van der Waals surface area contributed by atoms with Gasteiger partial charge >= 0.3 is 0 Å². The number of nitrogens with two attached hydrogens (primary N) is 1. The van der Waals surface area contributed by atoms with E-state index in [4.69, 9.17) is 10.9 Å². The monoisotopic (exact) mass is 280 g/mol. The molecular formula is C12H20N6O2. The number of carbonyl (C=O) groups excluding carboxylic acids is 1. The predicted molar refractivity (Wildman–Crippen MR) is 71.9 cm³/mol. The van der Waals surface area contributed by atoms with Gasteiger partial charge < -0.3 is 16.3 Å². The molecule has 1 atom stereocenters. The summed E-state index contributed by atoms with van der Waals surface area (Å²) in [6.07, 6.45) is 5.42. The van der Waals surface area contributed by atoms with Crippen LogP contribution >= 0.6 is 0 Å². The first-order valence-electron chi connectivity index (χ1n) is 6.74. The summed E-state index contributed by atoms with van der Waals surface area (Å²) in [7, 11) is 0. The average molecular weight is 280 g/mol. The van der Waals surface area contributed by atoms with Gasteiger partial charge in [-0.1, -0.05) is 24.4 Å². The number of nitrogens with zero attached hydrogens (tertiary/aromatic N) is 3. The van der Waals surface area contributed by atoms with Gasteiger partial charge in [-0.25, -0.2) is 4.98 Å². The van der Waals surface area contributed by atoms with Crippen LogP contribution in [0.25, 0.3) is 0 Å². The second kappa shape index (κ2) is 5.89. The fourth-order valence-electron chi connectivity index (χ4n) is 2.68. The molecule has 1 amide bonds. The van der Waals surface area contributed by atoms with Crippen molar-refractivity contribution in [3.63, 3.8) is 0 Å². The Morgan fingerprint density at radius 3 is 2.80 bits per heavy atom. The summed E-state index contributed by atoms with van der Waals surface area (Å²) in [5, 5.41) is 21.4. The molecule has 1 aromatic heterocycles. The van der Waals surface area contributed by atoms with Crippen molar-refractivity contribution in [2.45, 2.75) is 45.1 Å². The highest BCUT2D eigenvalue weighted by atomic mass is 16.4. The number of amides is 1. The minimum Gasteiger partial charge on any atom is -0.409 e. The van der Waals surface area contributed by atoms with E-state index in [-0.39, 0.29) is 17.8 Å². The molecule has 8 nitrogen and oxygen atoms in total. The van der Waals surface area contributed by atoms with Crippen molar-refractivity contribution in [2.24, 2.45) is 16.3 Å².